The van der Waals surface area contributed by atoms with E-state index in [1.165, 1.54) is 0 Å². The van der Waals surface area contributed by atoms with Gasteiger partial charge < -0.3 is 10.5 Å². The van der Waals surface area contributed by atoms with Gasteiger partial charge in [0.05, 0.1) is 25.8 Å². The number of nitrogens with two attached hydrogens (primary N) is 1. The maximum absolute atomic E-state index is 13.2. The van der Waals surface area contributed by atoms with E-state index in [-0.39, 0.29) is 12.6 Å². The third kappa shape index (κ3) is 4.53. The van der Waals surface area contributed by atoms with Gasteiger partial charge in [-0.3, -0.25) is 4.90 Å². The largest absolute Gasteiger partial charge is 0.372 e. The standard InChI is InChI=1S/C14H20F2N2O/c15-14(16,10-17)11-18-7-6-13(8-18)19-9-12-4-2-1-3-5-12/h1-5,13H,6-11,17H2. The fourth-order valence-electron chi connectivity index (χ4n) is 2.26. The number of hydrogen-bond acceptors (Lipinski definition) is 3. The first-order valence-corrected chi connectivity index (χ1v) is 6.55. The number of ether oxygens (including phenoxy) is 1. The molecule has 1 atom stereocenters. The van der Waals surface area contributed by atoms with E-state index >= 15 is 0 Å². The molecule has 3 nitrogen and oxygen atoms in total. The molecule has 1 aromatic rings. The van der Waals surface area contributed by atoms with Crippen molar-refractivity contribution in [2.45, 2.75) is 25.1 Å². The average molecular weight is 270 g/mol. The van der Waals surface area contributed by atoms with Crippen molar-refractivity contribution in [1.29, 1.82) is 0 Å². The Morgan fingerprint density at radius 1 is 1.32 bits per heavy atom. The lowest BCUT2D eigenvalue weighted by atomic mass is 10.2. The molecule has 1 aromatic carbocycles. The SMILES string of the molecule is NCC(F)(F)CN1CCC(OCc2ccccc2)C1. The van der Waals surface area contributed by atoms with Crippen LogP contribution in [0.15, 0.2) is 30.3 Å². The molecule has 1 heterocycles. The molecule has 1 fully saturated rings. The van der Waals surface area contributed by atoms with Crippen molar-refractivity contribution in [3.63, 3.8) is 0 Å². The number of hydrogen-bond donors (Lipinski definition) is 1. The smallest absolute Gasteiger partial charge is 0.272 e. The Morgan fingerprint density at radius 2 is 2.05 bits per heavy atom. The molecule has 0 amide bonds. The van der Waals surface area contributed by atoms with Gasteiger partial charge >= 0.3 is 0 Å². The lowest BCUT2D eigenvalue weighted by molar-refractivity contribution is -0.0239. The molecular formula is C14H20F2N2O. The van der Waals surface area contributed by atoms with Crippen molar-refractivity contribution in [2.24, 2.45) is 5.73 Å². The third-order valence-corrected chi connectivity index (χ3v) is 3.31. The summed E-state index contributed by atoms with van der Waals surface area (Å²) in [5, 5.41) is 0. The van der Waals surface area contributed by atoms with Gasteiger partial charge in [0.25, 0.3) is 5.92 Å². The van der Waals surface area contributed by atoms with E-state index < -0.39 is 12.5 Å². The van der Waals surface area contributed by atoms with E-state index in [0.29, 0.717) is 19.7 Å². The van der Waals surface area contributed by atoms with Crippen LogP contribution in [0.25, 0.3) is 0 Å². The molecule has 106 valence electrons. The van der Waals surface area contributed by atoms with E-state index in [0.717, 1.165) is 12.0 Å². The molecule has 19 heavy (non-hydrogen) atoms. The van der Waals surface area contributed by atoms with E-state index in [1.807, 2.05) is 30.3 Å². The number of likely N-dealkylation sites (tertiary alicyclic amines) is 1. The monoisotopic (exact) mass is 270 g/mol. The molecule has 1 aliphatic heterocycles. The van der Waals surface area contributed by atoms with Crippen molar-refractivity contribution in [3.8, 4) is 0 Å². The summed E-state index contributed by atoms with van der Waals surface area (Å²) < 4.78 is 32.1. The van der Waals surface area contributed by atoms with Crippen molar-refractivity contribution in [1.82, 2.24) is 4.90 Å². The number of halogens is 2. The van der Waals surface area contributed by atoms with Crippen LogP contribution in [-0.4, -0.2) is 43.1 Å². The quantitative estimate of drug-likeness (QED) is 0.857. The minimum atomic E-state index is -2.80. The Morgan fingerprint density at radius 3 is 2.74 bits per heavy atom. The Hall–Kier alpha value is -1.04. The highest BCUT2D eigenvalue weighted by atomic mass is 19.3. The van der Waals surface area contributed by atoms with Crippen molar-refractivity contribution >= 4 is 0 Å². The van der Waals surface area contributed by atoms with Crippen LogP contribution in [0.2, 0.25) is 0 Å². The molecule has 2 rings (SSSR count). The first-order valence-electron chi connectivity index (χ1n) is 6.55. The van der Waals surface area contributed by atoms with Gasteiger partial charge in [0.2, 0.25) is 0 Å². The van der Waals surface area contributed by atoms with Crippen LogP contribution in [-0.2, 0) is 11.3 Å². The van der Waals surface area contributed by atoms with Gasteiger partial charge in [0.15, 0.2) is 0 Å². The summed E-state index contributed by atoms with van der Waals surface area (Å²) in [6.07, 6.45) is 0.835. The van der Waals surface area contributed by atoms with Gasteiger partial charge in [-0.05, 0) is 12.0 Å². The molecule has 0 radical (unpaired) electrons. The highest BCUT2D eigenvalue weighted by molar-refractivity contribution is 5.13. The van der Waals surface area contributed by atoms with Crippen LogP contribution in [0.3, 0.4) is 0 Å². The van der Waals surface area contributed by atoms with Gasteiger partial charge in [-0.15, -0.1) is 0 Å². The van der Waals surface area contributed by atoms with Crippen molar-refractivity contribution in [3.05, 3.63) is 35.9 Å². The fraction of sp³-hybridized carbons (Fsp3) is 0.571. The van der Waals surface area contributed by atoms with Crippen LogP contribution in [0.4, 0.5) is 8.78 Å². The Labute approximate surface area is 112 Å². The average Bonchev–Trinajstić information content (AvgIpc) is 2.84. The molecule has 1 saturated heterocycles. The Kier molecular flexibility index (Phi) is 4.85. The zero-order valence-corrected chi connectivity index (χ0v) is 10.9. The zero-order valence-electron chi connectivity index (χ0n) is 10.9. The number of rotatable bonds is 6. The minimum absolute atomic E-state index is 0.0359. The zero-order chi connectivity index (χ0) is 13.7. The second-order valence-electron chi connectivity index (χ2n) is 5.00. The number of alkyl halides is 2. The number of benzene rings is 1. The lowest BCUT2D eigenvalue weighted by Crippen LogP contribution is -2.41. The van der Waals surface area contributed by atoms with Crippen LogP contribution >= 0.6 is 0 Å². The van der Waals surface area contributed by atoms with Crippen LogP contribution in [0, 0.1) is 0 Å². The van der Waals surface area contributed by atoms with Crippen molar-refractivity contribution in [2.75, 3.05) is 26.2 Å². The first-order chi connectivity index (χ1) is 9.09. The molecule has 1 unspecified atom stereocenters. The predicted octanol–water partition coefficient (Wildman–Crippen LogP) is 1.87. The topological polar surface area (TPSA) is 38.5 Å². The normalized spacial score (nSPS) is 20.9. The second-order valence-corrected chi connectivity index (χ2v) is 5.00. The first kappa shape index (κ1) is 14.4. The summed E-state index contributed by atoms with van der Waals surface area (Å²) in [6.45, 7) is 0.873. The molecule has 5 heteroatoms. The molecule has 0 bridgehead atoms. The van der Waals surface area contributed by atoms with Crippen LogP contribution in [0.1, 0.15) is 12.0 Å². The van der Waals surface area contributed by atoms with Crippen LogP contribution < -0.4 is 5.73 Å². The summed E-state index contributed by atoms with van der Waals surface area (Å²) in [4.78, 5) is 1.72. The summed E-state index contributed by atoms with van der Waals surface area (Å²) in [7, 11) is 0. The van der Waals surface area contributed by atoms with Gasteiger partial charge in [-0.2, -0.15) is 0 Å². The van der Waals surface area contributed by atoms with Crippen molar-refractivity contribution < 1.29 is 13.5 Å². The van der Waals surface area contributed by atoms with Crippen LogP contribution in [0.5, 0.6) is 0 Å². The maximum Gasteiger partial charge on any atom is 0.272 e. The summed E-state index contributed by atoms with van der Waals surface area (Å²) >= 11 is 0. The third-order valence-electron chi connectivity index (χ3n) is 3.31. The van der Waals surface area contributed by atoms with Gasteiger partial charge in [0.1, 0.15) is 0 Å². The molecule has 2 N–H and O–H groups in total. The summed E-state index contributed by atoms with van der Waals surface area (Å²) in [5.74, 6) is -2.80. The minimum Gasteiger partial charge on any atom is -0.372 e. The highest BCUT2D eigenvalue weighted by Crippen LogP contribution is 2.20. The van der Waals surface area contributed by atoms with E-state index in [2.05, 4.69) is 0 Å². The molecule has 0 spiro atoms. The molecule has 0 aromatic heterocycles. The summed E-state index contributed by atoms with van der Waals surface area (Å²) in [5.41, 5.74) is 6.15. The van der Waals surface area contributed by atoms with E-state index in [4.69, 9.17) is 10.5 Å². The molecule has 1 aliphatic rings. The summed E-state index contributed by atoms with van der Waals surface area (Å²) in [6, 6.07) is 9.86. The highest BCUT2D eigenvalue weighted by Gasteiger charge is 2.33. The molecular weight excluding hydrogens is 250 g/mol. The Balaban J connectivity index is 1.73. The predicted molar refractivity (Wildman–Crippen MR) is 70.1 cm³/mol. The number of nitrogens with zero attached hydrogens (tertiary/aromatic N) is 1. The molecule has 0 saturated carbocycles. The lowest BCUT2D eigenvalue weighted by Gasteiger charge is -2.22. The fourth-order valence-corrected chi connectivity index (χ4v) is 2.26. The second kappa shape index (κ2) is 6.41. The van der Waals surface area contributed by atoms with E-state index in [9.17, 15) is 8.78 Å². The molecule has 0 aliphatic carbocycles. The van der Waals surface area contributed by atoms with Gasteiger partial charge in [-0.25, -0.2) is 8.78 Å². The Bertz CT molecular complexity index is 386. The maximum atomic E-state index is 13.2. The van der Waals surface area contributed by atoms with E-state index in [1.54, 1.807) is 4.90 Å². The van der Waals surface area contributed by atoms with Gasteiger partial charge in [-0.1, -0.05) is 30.3 Å². The van der Waals surface area contributed by atoms with Gasteiger partial charge in [0, 0.05) is 13.1 Å².